The summed E-state index contributed by atoms with van der Waals surface area (Å²) in [7, 11) is 0. The van der Waals surface area contributed by atoms with E-state index in [0.29, 0.717) is 19.5 Å². The Labute approximate surface area is 142 Å². The Bertz CT molecular complexity index is 755. The number of aryl methyl sites for hydroxylation is 1. The molecule has 1 N–H and O–H groups in total. The van der Waals surface area contributed by atoms with Crippen molar-refractivity contribution in [3.8, 4) is 0 Å². The highest BCUT2D eigenvalue weighted by atomic mass is 16.2. The average Bonchev–Trinajstić information content (AvgIpc) is 2.80. The van der Waals surface area contributed by atoms with E-state index in [9.17, 15) is 9.59 Å². The molecule has 0 bridgehead atoms. The summed E-state index contributed by atoms with van der Waals surface area (Å²) in [6.45, 7) is 4.62. The molecule has 4 heteroatoms. The Hall–Kier alpha value is -2.62. The van der Waals surface area contributed by atoms with E-state index in [0.717, 1.165) is 22.4 Å². The Morgan fingerprint density at radius 1 is 1.17 bits per heavy atom. The van der Waals surface area contributed by atoms with Gasteiger partial charge in [-0.3, -0.25) is 9.59 Å². The molecule has 0 saturated heterocycles. The number of amides is 2. The zero-order chi connectivity index (χ0) is 17.1. The second kappa shape index (κ2) is 6.87. The molecule has 0 fully saturated rings. The molecule has 124 valence electrons. The van der Waals surface area contributed by atoms with E-state index in [2.05, 4.69) is 11.4 Å². The van der Waals surface area contributed by atoms with Crippen LogP contribution in [0.1, 0.15) is 36.0 Å². The van der Waals surface area contributed by atoms with Crippen molar-refractivity contribution < 1.29 is 9.59 Å². The SMILES string of the molecule is CC(=O)NCC[C@@H]1C(=O)N(Cc2ccccc2)c2ccc(C)cc21. The zero-order valence-corrected chi connectivity index (χ0v) is 14.1. The van der Waals surface area contributed by atoms with E-state index >= 15 is 0 Å². The number of anilines is 1. The second-order valence-electron chi connectivity index (χ2n) is 6.30. The van der Waals surface area contributed by atoms with Gasteiger partial charge in [0.05, 0.1) is 12.5 Å². The lowest BCUT2D eigenvalue weighted by Crippen LogP contribution is -2.30. The Kier molecular flexibility index (Phi) is 4.65. The molecule has 1 aliphatic rings. The Morgan fingerprint density at radius 3 is 2.62 bits per heavy atom. The maximum absolute atomic E-state index is 13.0. The predicted octanol–water partition coefficient (Wildman–Crippen LogP) is 3.15. The molecule has 0 aromatic heterocycles. The molecule has 0 saturated carbocycles. The molecule has 4 nitrogen and oxygen atoms in total. The molecule has 0 spiro atoms. The summed E-state index contributed by atoms with van der Waals surface area (Å²) in [5.41, 5.74) is 4.32. The lowest BCUT2D eigenvalue weighted by Gasteiger charge is -2.18. The van der Waals surface area contributed by atoms with Crippen LogP contribution in [-0.4, -0.2) is 18.4 Å². The summed E-state index contributed by atoms with van der Waals surface area (Å²) < 4.78 is 0. The van der Waals surface area contributed by atoms with E-state index in [1.165, 1.54) is 6.92 Å². The molecule has 3 rings (SSSR count). The predicted molar refractivity (Wildman–Crippen MR) is 94.9 cm³/mol. The molecular weight excluding hydrogens is 300 g/mol. The topological polar surface area (TPSA) is 49.4 Å². The Balaban J connectivity index is 1.86. The molecule has 1 heterocycles. The van der Waals surface area contributed by atoms with Gasteiger partial charge in [0, 0.05) is 19.2 Å². The third-order valence-electron chi connectivity index (χ3n) is 4.40. The van der Waals surface area contributed by atoms with Gasteiger partial charge in [0.2, 0.25) is 11.8 Å². The largest absolute Gasteiger partial charge is 0.356 e. The first-order valence-electron chi connectivity index (χ1n) is 8.26. The maximum atomic E-state index is 13.0. The molecule has 2 amide bonds. The van der Waals surface area contributed by atoms with Gasteiger partial charge in [-0.05, 0) is 30.5 Å². The summed E-state index contributed by atoms with van der Waals surface area (Å²) in [5, 5.41) is 2.79. The first-order chi connectivity index (χ1) is 11.6. The van der Waals surface area contributed by atoms with Crippen LogP contribution in [0.25, 0.3) is 0 Å². The molecule has 1 aliphatic heterocycles. The standard InChI is InChI=1S/C20H22N2O2/c1-14-8-9-19-18(12-14)17(10-11-21-15(2)23)20(24)22(19)13-16-6-4-3-5-7-16/h3-9,12,17H,10-11,13H2,1-2H3,(H,21,23)/t17-/m0/s1. The van der Waals surface area contributed by atoms with E-state index in [4.69, 9.17) is 0 Å². The van der Waals surface area contributed by atoms with Gasteiger partial charge in [-0.2, -0.15) is 0 Å². The minimum Gasteiger partial charge on any atom is -0.356 e. The zero-order valence-electron chi connectivity index (χ0n) is 14.1. The fourth-order valence-electron chi connectivity index (χ4n) is 3.24. The number of fused-ring (bicyclic) bond motifs is 1. The fourth-order valence-corrected chi connectivity index (χ4v) is 3.24. The molecule has 24 heavy (non-hydrogen) atoms. The molecule has 2 aromatic carbocycles. The quantitative estimate of drug-likeness (QED) is 0.919. The van der Waals surface area contributed by atoms with Crippen LogP contribution < -0.4 is 10.2 Å². The summed E-state index contributed by atoms with van der Waals surface area (Å²) >= 11 is 0. The summed E-state index contributed by atoms with van der Waals surface area (Å²) in [6.07, 6.45) is 0.625. The van der Waals surface area contributed by atoms with Crippen molar-refractivity contribution in [3.05, 3.63) is 65.2 Å². The lowest BCUT2D eigenvalue weighted by atomic mass is 9.96. The van der Waals surface area contributed by atoms with Crippen molar-refractivity contribution in [2.24, 2.45) is 0 Å². The van der Waals surface area contributed by atoms with Crippen LogP contribution in [0.5, 0.6) is 0 Å². The van der Waals surface area contributed by atoms with Crippen LogP contribution in [0.3, 0.4) is 0 Å². The van der Waals surface area contributed by atoms with E-state index in [1.807, 2.05) is 54.3 Å². The van der Waals surface area contributed by atoms with Crippen molar-refractivity contribution in [1.29, 1.82) is 0 Å². The second-order valence-corrected chi connectivity index (χ2v) is 6.30. The first kappa shape index (κ1) is 16.2. The fraction of sp³-hybridized carbons (Fsp3) is 0.300. The number of nitrogens with zero attached hydrogens (tertiary/aromatic N) is 1. The highest BCUT2D eigenvalue weighted by Crippen LogP contribution is 2.40. The monoisotopic (exact) mass is 322 g/mol. The number of hydrogen-bond donors (Lipinski definition) is 1. The average molecular weight is 322 g/mol. The molecular formula is C20H22N2O2. The molecule has 2 aromatic rings. The normalized spacial score (nSPS) is 16.2. The van der Waals surface area contributed by atoms with Crippen LogP contribution in [0.15, 0.2) is 48.5 Å². The van der Waals surface area contributed by atoms with Gasteiger partial charge in [0.15, 0.2) is 0 Å². The summed E-state index contributed by atoms with van der Waals surface area (Å²) in [5.74, 6) is -0.133. The smallest absolute Gasteiger partial charge is 0.234 e. The van der Waals surface area contributed by atoms with Crippen molar-refractivity contribution in [1.82, 2.24) is 5.32 Å². The van der Waals surface area contributed by atoms with Crippen molar-refractivity contribution in [2.45, 2.75) is 32.7 Å². The van der Waals surface area contributed by atoms with Crippen molar-refractivity contribution in [2.75, 3.05) is 11.4 Å². The highest BCUT2D eigenvalue weighted by Gasteiger charge is 2.36. The third-order valence-corrected chi connectivity index (χ3v) is 4.40. The van der Waals surface area contributed by atoms with Gasteiger partial charge in [-0.15, -0.1) is 0 Å². The summed E-state index contributed by atoms with van der Waals surface area (Å²) in [6, 6.07) is 16.2. The van der Waals surface area contributed by atoms with Gasteiger partial charge >= 0.3 is 0 Å². The lowest BCUT2D eigenvalue weighted by molar-refractivity contribution is -0.121. The number of rotatable bonds is 5. The van der Waals surface area contributed by atoms with Crippen LogP contribution in [0.4, 0.5) is 5.69 Å². The Morgan fingerprint density at radius 2 is 1.92 bits per heavy atom. The molecule has 0 unspecified atom stereocenters. The van der Waals surface area contributed by atoms with Crippen LogP contribution in [0.2, 0.25) is 0 Å². The van der Waals surface area contributed by atoms with Gasteiger partial charge in [-0.1, -0.05) is 48.0 Å². The van der Waals surface area contributed by atoms with E-state index < -0.39 is 0 Å². The van der Waals surface area contributed by atoms with E-state index in [1.54, 1.807) is 0 Å². The molecule has 1 atom stereocenters. The van der Waals surface area contributed by atoms with Gasteiger partial charge in [-0.25, -0.2) is 0 Å². The van der Waals surface area contributed by atoms with Crippen molar-refractivity contribution >= 4 is 17.5 Å². The van der Waals surface area contributed by atoms with Crippen molar-refractivity contribution in [3.63, 3.8) is 0 Å². The summed E-state index contributed by atoms with van der Waals surface area (Å²) in [4.78, 5) is 25.9. The van der Waals surface area contributed by atoms with Gasteiger partial charge in [0.1, 0.15) is 0 Å². The van der Waals surface area contributed by atoms with Gasteiger partial charge in [0.25, 0.3) is 0 Å². The van der Waals surface area contributed by atoms with Crippen LogP contribution in [0, 0.1) is 6.92 Å². The number of carbonyl (C=O) groups is 2. The maximum Gasteiger partial charge on any atom is 0.234 e. The highest BCUT2D eigenvalue weighted by molar-refractivity contribution is 6.05. The number of carbonyl (C=O) groups excluding carboxylic acids is 2. The van der Waals surface area contributed by atoms with E-state index in [-0.39, 0.29) is 17.7 Å². The molecule has 0 radical (unpaired) electrons. The van der Waals surface area contributed by atoms with Gasteiger partial charge < -0.3 is 10.2 Å². The number of nitrogens with one attached hydrogen (secondary N) is 1. The van der Waals surface area contributed by atoms with Crippen LogP contribution in [-0.2, 0) is 16.1 Å². The molecule has 0 aliphatic carbocycles. The number of benzene rings is 2. The first-order valence-corrected chi connectivity index (χ1v) is 8.26. The minimum atomic E-state index is -0.185. The third kappa shape index (κ3) is 3.32. The van der Waals surface area contributed by atoms with Crippen LogP contribution >= 0.6 is 0 Å². The number of hydrogen-bond acceptors (Lipinski definition) is 2. The minimum absolute atomic E-state index is 0.0638.